The summed E-state index contributed by atoms with van der Waals surface area (Å²) in [5.74, 6) is -1.09. The molecule has 0 saturated carbocycles. The van der Waals surface area contributed by atoms with Crippen molar-refractivity contribution in [1.29, 1.82) is 0 Å². The second-order valence-corrected chi connectivity index (χ2v) is 5.49. The number of carboxylic acids is 1. The van der Waals surface area contributed by atoms with Gasteiger partial charge in [0.15, 0.2) is 0 Å². The van der Waals surface area contributed by atoms with Crippen molar-refractivity contribution in [2.24, 2.45) is 5.92 Å². The van der Waals surface area contributed by atoms with Gasteiger partial charge in [0.05, 0.1) is 5.92 Å². The smallest absolute Gasteiger partial charge is 0.306 e. The number of hydrogen-bond donors (Lipinski definition) is 2. The molecule has 1 aromatic carbocycles. The van der Waals surface area contributed by atoms with Gasteiger partial charge in [-0.15, -0.1) is 0 Å². The zero-order valence-electron chi connectivity index (χ0n) is 12.8. The minimum absolute atomic E-state index is 0.0877. The Kier molecular flexibility index (Phi) is 5.12. The average molecular weight is 263 g/mol. The summed E-state index contributed by atoms with van der Waals surface area (Å²) in [5.41, 5.74) is 6.32. The SMILES string of the molecule is CNC(CC(C)C(=O)O)c1c(C)c(C)cc(C)c1C. The van der Waals surface area contributed by atoms with Gasteiger partial charge in [0, 0.05) is 6.04 Å². The number of aliphatic carboxylic acids is 1. The molecule has 0 aliphatic carbocycles. The zero-order valence-corrected chi connectivity index (χ0v) is 12.8. The fourth-order valence-electron chi connectivity index (χ4n) is 2.60. The standard InChI is InChI=1S/C16H25NO2/c1-9-7-10(2)13(5)15(12(9)4)14(17-6)8-11(3)16(18)19/h7,11,14,17H,8H2,1-6H3,(H,18,19). The van der Waals surface area contributed by atoms with Crippen LogP contribution in [0.5, 0.6) is 0 Å². The molecule has 106 valence electrons. The maximum atomic E-state index is 11.1. The highest BCUT2D eigenvalue weighted by molar-refractivity contribution is 5.69. The number of carbonyl (C=O) groups is 1. The molecule has 0 aliphatic rings. The van der Waals surface area contributed by atoms with Crippen LogP contribution in [0.2, 0.25) is 0 Å². The van der Waals surface area contributed by atoms with Crippen LogP contribution in [0.25, 0.3) is 0 Å². The van der Waals surface area contributed by atoms with E-state index in [1.807, 2.05) is 7.05 Å². The van der Waals surface area contributed by atoms with Crippen molar-refractivity contribution < 1.29 is 9.90 Å². The third-order valence-electron chi connectivity index (χ3n) is 4.13. The van der Waals surface area contributed by atoms with Gasteiger partial charge in [-0.25, -0.2) is 0 Å². The van der Waals surface area contributed by atoms with Gasteiger partial charge >= 0.3 is 5.97 Å². The van der Waals surface area contributed by atoms with Crippen molar-refractivity contribution in [2.75, 3.05) is 7.05 Å². The number of benzene rings is 1. The molecule has 0 fully saturated rings. The van der Waals surface area contributed by atoms with Crippen LogP contribution >= 0.6 is 0 Å². The number of nitrogens with one attached hydrogen (secondary N) is 1. The highest BCUT2D eigenvalue weighted by Gasteiger charge is 2.22. The molecule has 19 heavy (non-hydrogen) atoms. The van der Waals surface area contributed by atoms with E-state index in [1.165, 1.54) is 27.8 Å². The summed E-state index contributed by atoms with van der Waals surface area (Å²) >= 11 is 0. The molecule has 2 unspecified atom stereocenters. The molecule has 0 saturated heterocycles. The Labute approximate surface area is 116 Å². The Morgan fingerprint density at radius 2 is 1.68 bits per heavy atom. The lowest BCUT2D eigenvalue weighted by Crippen LogP contribution is -2.24. The molecule has 2 N–H and O–H groups in total. The van der Waals surface area contributed by atoms with Gasteiger partial charge in [0.25, 0.3) is 0 Å². The highest BCUT2D eigenvalue weighted by atomic mass is 16.4. The number of hydrogen-bond acceptors (Lipinski definition) is 2. The first kappa shape index (κ1) is 15.7. The van der Waals surface area contributed by atoms with E-state index in [4.69, 9.17) is 5.11 Å². The lowest BCUT2D eigenvalue weighted by Gasteiger charge is -2.25. The maximum absolute atomic E-state index is 11.1. The summed E-state index contributed by atoms with van der Waals surface area (Å²) < 4.78 is 0. The summed E-state index contributed by atoms with van der Waals surface area (Å²) in [6, 6.07) is 2.28. The van der Waals surface area contributed by atoms with Crippen LogP contribution in [-0.4, -0.2) is 18.1 Å². The summed E-state index contributed by atoms with van der Waals surface area (Å²) in [5, 5.41) is 12.4. The van der Waals surface area contributed by atoms with Gasteiger partial charge in [-0.05, 0) is 69.0 Å². The first-order valence-corrected chi connectivity index (χ1v) is 6.76. The summed E-state index contributed by atoms with van der Waals surface area (Å²) in [4.78, 5) is 11.1. The molecule has 1 rings (SSSR count). The van der Waals surface area contributed by atoms with Crippen molar-refractivity contribution in [3.05, 3.63) is 33.9 Å². The van der Waals surface area contributed by atoms with Gasteiger partial charge in [0.1, 0.15) is 0 Å². The van der Waals surface area contributed by atoms with E-state index >= 15 is 0 Å². The van der Waals surface area contributed by atoms with E-state index in [2.05, 4.69) is 39.1 Å². The quantitative estimate of drug-likeness (QED) is 0.857. The van der Waals surface area contributed by atoms with Crippen LogP contribution in [0, 0.1) is 33.6 Å². The van der Waals surface area contributed by atoms with Crippen molar-refractivity contribution in [3.8, 4) is 0 Å². The van der Waals surface area contributed by atoms with Crippen LogP contribution in [0.3, 0.4) is 0 Å². The molecular formula is C16H25NO2. The largest absolute Gasteiger partial charge is 0.481 e. The second kappa shape index (κ2) is 6.20. The lowest BCUT2D eigenvalue weighted by atomic mass is 9.86. The molecule has 2 atom stereocenters. The predicted molar refractivity (Wildman–Crippen MR) is 78.6 cm³/mol. The number of rotatable bonds is 5. The van der Waals surface area contributed by atoms with Crippen LogP contribution < -0.4 is 5.32 Å². The number of carboxylic acid groups (broad SMARTS) is 1. The van der Waals surface area contributed by atoms with E-state index in [9.17, 15) is 4.79 Å². The fourth-order valence-corrected chi connectivity index (χ4v) is 2.60. The normalized spacial score (nSPS) is 14.2. The van der Waals surface area contributed by atoms with Gasteiger partial charge in [0.2, 0.25) is 0 Å². The molecule has 3 heteroatoms. The second-order valence-electron chi connectivity index (χ2n) is 5.49. The van der Waals surface area contributed by atoms with E-state index in [0.717, 1.165) is 0 Å². The van der Waals surface area contributed by atoms with E-state index in [-0.39, 0.29) is 12.0 Å². The molecular weight excluding hydrogens is 238 g/mol. The topological polar surface area (TPSA) is 49.3 Å². The first-order chi connectivity index (χ1) is 8.79. The molecule has 0 aromatic heterocycles. The predicted octanol–water partition coefficient (Wildman–Crippen LogP) is 3.29. The zero-order chi connectivity index (χ0) is 14.7. The summed E-state index contributed by atoms with van der Waals surface area (Å²) in [6.45, 7) is 10.2. The molecule has 0 heterocycles. The first-order valence-electron chi connectivity index (χ1n) is 6.76. The van der Waals surface area contributed by atoms with Crippen LogP contribution in [0.4, 0.5) is 0 Å². The van der Waals surface area contributed by atoms with Crippen LogP contribution in [0.1, 0.15) is 47.2 Å². The highest BCUT2D eigenvalue weighted by Crippen LogP contribution is 2.30. The average Bonchev–Trinajstić information content (AvgIpc) is 2.35. The van der Waals surface area contributed by atoms with Gasteiger partial charge in [-0.2, -0.15) is 0 Å². The van der Waals surface area contributed by atoms with Crippen LogP contribution in [0.15, 0.2) is 6.07 Å². The van der Waals surface area contributed by atoms with Crippen molar-refractivity contribution in [2.45, 2.75) is 47.1 Å². The summed E-state index contributed by atoms with van der Waals surface area (Å²) in [6.07, 6.45) is 0.608. The van der Waals surface area contributed by atoms with E-state index in [1.54, 1.807) is 6.92 Å². The molecule has 0 bridgehead atoms. The minimum atomic E-state index is -0.736. The van der Waals surface area contributed by atoms with E-state index in [0.29, 0.717) is 6.42 Å². The van der Waals surface area contributed by atoms with Crippen LogP contribution in [-0.2, 0) is 4.79 Å². The van der Waals surface area contributed by atoms with Crippen molar-refractivity contribution in [1.82, 2.24) is 5.32 Å². The third-order valence-corrected chi connectivity index (χ3v) is 4.13. The maximum Gasteiger partial charge on any atom is 0.306 e. The Bertz CT molecular complexity index is 454. The molecule has 0 aliphatic heterocycles. The molecule has 0 spiro atoms. The Morgan fingerprint density at radius 1 is 1.21 bits per heavy atom. The van der Waals surface area contributed by atoms with E-state index < -0.39 is 5.97 Å². The molecule has 3 nitrogen and oxygen atoms in total. The monoisotopic (exact) mass is 263 g/mol. The van der Waals surface area contributed by atoms with Gasteiger partial charge in [-0.3, -0.25) is 4.79 Å². The molecule has 0 radical (unpaired) electrons. The Hall–Kier alpha value is -1.35. The number of aryl methyl sites for hydroxylation is 2. The fraction of sp³-hybridized carbons (Fsp3) is 0.562. The van der Waals surface area contributed by atoms with Gasteiger partial charge < -0.3 is 10.4 Å². The van der Waals surface area contributed by atoms with Gasteiger partial charge in [-0.1, -0.05) is 13.0 Å². The minimum Gasteiger partial charge on any atom is -0.481 e. The summed E-state index contributed by atoms with van der Waals surface area (Å²) in [7, 11) is 1.90. The Balaban J connectivity index is 3.22. The van der Waals surface area contributed by atoms with Crippen molar-refractivity contribution >= 4 is 5.97 Å². The lowest BCUT2D eigenvalue weighted by molar-refractivity contribution is -0.141. The molecule has 0 amide bonds. The van der Waals surface area contributed by atoms with Crippen molar-refractivity contribution in [3.63, 3.8) is 0 Å². The third kappa shape index (κ3) is 3.35. The Morgan fingerprint density at radius 3 is 2.05 bits per heavy atom. The molecule has 1 aromatic rings.